The molecule has 2 aromatic heterocycles. The number of aryl methyl sites for hydroxylation is 2. The van der Waals surface area contributed by atoms with Crippen LogP contribution in [0.25, 0.3) is 11.0 Å². The van der Waals surface area contributed by atoms with Crippen LogP contribution in [0.5, 0.6) is 0 Å². The average Bonchev–Trinajstić information content (AvgIpc) is 2.54. The SMILES string of the molecule is Cn1cc(CCCN)c2cccnc21. The molecule has 0 aliphatic carbocycles. The van der Waals surface area contributed by atoms with Gasteiger partial charge in [0.05, 0.1) is 0 Å². The van der Waals surface area contributed by atoms with E-state index in [4.69, 9.17) is 5.73 Å². The van der Waals surface area contributed by atoms with Gasteiger partial charge in [-0.15, -0.1) is 0 Å². The van der Waals surface area contributed by atoms with Gasteiger partial charge in [0.25, 0.3) is 0 Å². The Morgan fingerprint density at radius 1 is 1.50 bits per heavy atom. The molecule has 74 valence electrons. The first-order valence-corrected chi connectivity index (χ1v) is 4.92. The number of pyridine rings is 1. The number of hydrogen-bond donors (Lipinski definition) is 1. The molecule has 2 aromatic rings. The Morgan fingerprint density at radius 3 is 3.14 bits per heavy atom. The van der Waals surface area contributed by atoms with Gasteiger partial charge in [0.1, 0.15) is 5.65 Å². The molecule has 0 unspecified atom stereocenters. The first kappa shape index (κ1) is 9.21. The maximum absolute atomic E-state index is 5.50. The smallest absolute Gasteiger partial charge is 0.139 e. The normalized spacial score (nSPS) is 11.0. The van der Waals surface area contributed by atoms with E-state index in [0.29, 0.717) is 0 Å². The van der Waals surface area contributed by atoms with Crippen molar-refractivity contribution in [1.82, 2.24) is 9.55 Å². The molecule has 0 aromatic carbocycles. The highest BCUT2D eigenvalue weighted by atomic mass is 15.0. The summed E-state index contributed by atoms with van der Waals surface area (Å²) in [6.45, 7) is 0.747. The van der Waals surface area contributed by atoms with Crippen LogP contribution in [0.1, 0.15) is 12.0 Å². The van der Waals surface area contributed by atoms with Crippen LogP contribution in [0, 0.1) is 0 Å². The minimum absolute atomic E-state index is 0.747. The van der Waals surface area contributed by atoms with Crippen LogP contribution >= 0.6 is 0 Å². The molecule has 3 nitrogen and oxygen atoms in total. The summed E-state index contributed by atoms with van der Waals surface area (Å²) in [6.07, 6.45) is 6.05. The predicted molar refractivity (Wildman–Crippen MR) is 58.1 cm³/mol. The molecule has 0 saturated carbocycles. The van der Waals surface area contributed by atoms with Crippen molar-refractivity contribution in [3.05, 3.63) is 30.1 Å². The van der Waals surface area contributed by atoms with Gasteiger partial charge in [0.15, 0.2) is 0 Å². The van der Waals surface area contributed by atoms with E-state index in [-0.39, 0.29) is 0 Å². The van der Waals surface area contributed by atoms with E-state index in [9.17, 15) is 0 Å². The lowest BCUT2D eigenvalue weighted by Crippen LogP contribution is -1.99. The number of rotatable bonds is 3. The fraction of sp³-hybridized carbons (Fsp3) is 0.364. The van der Waals surface area contributed by atoms with Crippen molar-refractivity contribution >= 4 is 11.0 Å². The Kier molecular flexibility index (Phi) is 2.50. The van der Waals surface area contributed by atoms with Gasteiger partial charge in [-0.3, -0.25) is 0 Å². The van der Waals surface area contributed by atoms with Crippen molar-refractivity contribution in [1.29, 1.82) is 0 Å². The van der Waals surface area contributed by atoms with E-state index in [1.807, 2.05) is 19.3 Å². The summed E-state index contributed by atoms with van der Waals surface area (Å²) in [5.41, 5.74) is 7.91. The zero-order valence-corrected chi connectivity index (χ0v) is 8.40. The lowest BCUT2D eigenvalue weighted by Gasteiger charge is -1.95. The molecule has 0 bridgehead atoms. The molecule has 0 amide bonds. The van der Waals surface area contributed by atoms with Crippen LogP contribution in [-0.4, -0.2) is 16.1 Å². The van der Waals surface area contributed by atoms with Crippen molar-refractivity contribution in [3.8, 4) is 0 Å². The van der Waals surface area contributed by atoms with E-state index in [1.54, 1.807) is 0 Å². The molecule has 0 spiro atoms. The van der Waals surface area contributed by atoms with E-state index in [0.717, 1.165) is 25.0 Å². The van der Waals surface area contributed by atoms with Crippen LogP contribution in [0.4, 0.5) is 0 Å². The number of fused-ring (bicyclic) bond motifs is 1. The summed E-state index contributed by atoms with van der Waals surface area (Å²) in [5, 5.41) is 1.25. The second kappa shape index (κ2) is 3.80. The molecule has 0 atom stereocenters. The minimum Gasteiger partial charge on any atom is -0.335 e. The van der Waals surface area contributed by atoms with Crippen LogP contribution in [0.15, 0.2) is 24.5 Å². The monoisotopic (exact) mass is 189 g/mol. The first-order valence-electron chi connectivity index (χ1n) is 4.92. The molecule has 0 radical (unpaired) electrons. The Bertz CT molecular complexity index is 431. The summed E-state index contributed by atoms with van der Waals surface area (Å²) >= 11 is 0. The molecular formula is C11H15N3. The number of aromatic nitrogens is 2. The van der Waals surface area contributed by atoms with Gasteiger partial charge in [-0.1, -0.05) is 0 Å². The first-order chi connectivity index (χ1) is 6.83. The molecule has 2 N–H and O–H groups in total. The molecule has 0 fully saturated rings. The lowest BCUT2D eigenvalue weighted by molar-refractivity contribution is 0.829. The highest BCUT2D eigenvalue weighted by Crippen LogP contribution is 2.19. The van der Waals surface area contributed by atoms with Gasteiger partial charge in [-0.25, -0.2) is 4.98 Å². The molecule has 2 heterocycles. The van der Waals surface area contributed by atoms with Crippen molar-refractivity contribution in [3.63, 3.8) is 0 Å². The van der Waals surface area contributed by atoms with Crippen LogP contribution < -0.4 is 5.73 Å². The molecular weight excluding hydrogens is 174 g/mol. The lowest BCUT2D eigenvalue weighted by atomic mass is 10.1. The number of hydrogen-bond acceptors (Lipinski definition) is 2. The third-order valence-electron chi connectivity index (χ3n) is 2.47. The quantitative estimate of drug-likeness (QED) is 0.794. The van der Waals surface area contributed by atoms with Gasteiger partial charge in [0.2, 0.25) is 0 Å². The van der Waals surface area contributed by atoms with Gasteiger partial charge in [-0.05, 0) is 37.1 Å². The Labute approximate surface area is 83.6 Å². The topological polar surface area (TPSA) is 43.8 Å². The maximum atomic E-state index is 5.50. The zero-order chi connectivity index (χ0) is 9.97. The van der Waals surface area contributed by atoms with Crippen molar-refractivity contribution in [2.45, 2.75) is 12.8 Å². The van der Waals surface area contributed by atoms with Crippen molar-refractivity contribution in [2.24, 2.45) is 12.8 Å². The summed E-state index contributed by atoms with van der Waals surface area (Å²) in [5.74, 6) is 0. The van der Waals surface area contributed by atoms with E-state index >= 15 is 0 Å². The Hall–Kier alpha value is -1.35. The molecule has 0 aliphatic rings. The molecule has 14 heavy (non-hydrogen) atoms. The van der Waals surface area contributed by atoms with Crippen molar-refractivity contribution in [2.75, 3.05) is 6.54 Å². The maximum Gasteiger partial charge on any atom is 0.139 e. The highest BCUT2D eigenvalue weighted by Gasteiger charge is 2.05. The second-order valence-electron chi connectivity index (χ2n) is 3.53. The van der Waals surface area contributed by atoms with Gasteiger partial charge in [-0.2, -0.15) is 0 Å². The predicted octanol–water partition coefficient (Wildman–Crippen LogP) is 1.46. The highest BCUT2D eigenvalue weighted by molar-refractivity contribution is 5.80. The average molecular weight is 189 g/mol. The van der Waals surface area contributed by atoms with E-state index < -0.39 is 0 Å². The number of nitrogens with zero attached hydrogens (tertiary/aromatic N) is 2. The van der Waals surface area contributed by atoms with Crippen LogP contribution in [0.2, 0.25) is 0 Å². The molecule has 2 rings (SSSR count). The Balaban J connectivity index is 2.44. The third-order valence-corrected chi connectivity index (χ3v) is 2.47. The fourth-order valence-corrected chi connectivity index (χ4v) is 1.78. The minimum atomic E-state index is 0.747. The van der Waals surface area contributed by atoms with E-state index in [2.05, 4.69) is 21.8 Å². The summed E-state index contributed by atoms with van der Waals surface area (Å²) in [7, 11) is 2.03. The van der Waals surface area contributed by atoms with Gasteiger partial charge < -0.3 is 10.3 Å². The van der Waals surface area contributed by atoms with Gasteiger partial charge in [0, 0.05) is 24.8 Å². The Morgan fingerprint density at radius 2 is 2.36 bits per heavy atom. The summed E-state index contributed by atoms with van der Waals surface area (Å²) in [6, 6.07) is 4.10. The van der Waals surface area contributed by atoms with Crippen LogP contribution in [0.3, 0.4) is 0 Å². The molecule has 0 saturated heterocycles. The fourth-order valence-electron chi connectivity index (χ4n) is 1.78. The van der Waals surface area contributed by atoms with Gasteiger partial charge >= 0.3 is 0 Å². The standard InChI is InChI=1S/C11H15N3/c1-14-8-9(4-2-6-12)10-5-3-7-13-11(10)14/h3,5,7-8H,2,4,6,12H2,1H3. The molecule has 3 heteroatoms. The third kappa shape index (κ3) is 1.51. The second-order valence-corrected chi connectivity index (χ2v) is 3.53. The van der Waals surface area contributed by atoms with Crippen molar-refractivity contribution < 1.29 is 0 Å². The van der Waals surface area contributed by atoms with E-state index in [1.165, 1.54) is 10.9 Å². The molecule has 0 aliphatic heterocycles. The van der Waals surface area contributed by atoms with Crippen LogP contribution in [-0.2, 0) is 13.5 Å². The largest absolute Gasteiger partial charge is 0.335 e. The summed E-state index contributed by atoms with van der Waals surface area (Å²) < 4.78 is 2.07. The summed E-state index contributed by atoms with van der Waals surface area (Å²) in [4.78, 5) is 4.34. The number of nitrogens with two attached hydrogens (primary N) is 1. The zero-order valence-electron chi connectivity index (χ0n) is 8.40.